The number of amides is 1. The summed E-state index contributed by atoms with van der Waals surface area (Å²) in [5, 5.41) is 13.9. The van der Waals surface area contributed by atoms with E-state index in [-0.39, 0.29) is 18.4 Å². The fraction of sp³-hybridized carbons (Fsp3) is 0.243. The van der Waals surface area contributed by atoms with Crippen molar-refractivity contribution >= 4 is 22.8 Å². The molecule has 0 bridgehead atoms. The maximum atomic E-state index is 13.7. The van der Waals surface area contributed by atoms with Gasteiger partial charge in [0.05, 0.1) is 6.04 Å². The first-order chi connectivity index (χ1) is 21.1. The lowest BCUT2D eigenvalue weighted by Crippen LogP contribution is -2.51. The molecule has 1 aliphatic heterocycles. The van der Waals surface area contributed by atoms with E-state index in [4.69, 9.17) is 0 Å². The van der Waals surface area contributed by atoms with E-state index in [2.05, 4.69) is 88.0 Å². The Kier molecular flexibility index (Phi) is 8.38. The lowest BCUT2D eigenvalue weighted by Gasteiger charge is -2.38. The first-order valence-corrected chi connectivity index (χ1v) is 15.0. The number of para-hydroxylation sites is 1. The number of carboxylic acids is 1. The summed E-state index contributed by atoms with van der Waals surface area (Å²) in [6.07, 6.45) is 4.43. The summed E-state index contributed by atoms with van der Waals surface area (Å²) >= 11 is 0. The number of rotatable bonds is 11. The third-order valence-electron chi connectivity index (χ3n) is 8.95. The average molecular weight is 572 g/mol. The van der Waals surface area contributed by atoms with Gasteiger partial charge in [0.2, 0.25) is 5.91 Å². The van der Waals surface area contributed by atoms with Gasteiger partial charge in [-0.2, -0.15) is 0 Å². The van der Waals surface area contributed by atoms with Crippen molar-refractivity contribution < 1.29 is 14.7 Å². The van der Waals surface area contributed by atoms with Crippen LogP contribution in [0.25, 0.3) is 10.9 Å². The van der Waals surface area contributed by atoms with Crippen LogP contribution in [-0.2, 0) is 21.4 Å². The lowest BCUT2D eigenvalue weighted by atomic mass is 9.67. The molecule has 1 fully saturated rings. The maximum absolute atomic E-state index is 13.7. The van der Waals surface area contributed by atoms with Crippen molar-refractivity contribution in [3.63, 3.8) is 0 Å². The van der Waals surface area contributed by atoms with Gasteiger partial charge in [0.15, 0.2) is 0 Å². The molecule has 0 radical (unpaired) electrons. The van der Waals surface area contributed by atoms with Crippen LogP contribution in [0.5, 0.6) is 0 Å². The number of hydrogen-bond acceptors (Lipinski definition) is 3. The number of nitrogens with zero attached hydrogens (tertiary/aromatic N) is 1. The summed E-state index contributed by atoms with van der Waals surface area (Å²) in [6.45, 7) is 1.49. The molecule has 43 heavy (non-hydrogen) atoms. The van der Waals surface area contributed by atoms with E-state index in [1.165, 1.54) is 16.7 Å². The molecule has 1 aliphatic rings. The fourth-order valence-electron chi connectivity index (χ4n) is 6.79. The molecule has 218 valence electrons. The van der Waals surface area contributed by atoms with Crippen molar-refractivity contribution in [1.82, 2.24) is 15.2 Å². The Morgan fingerprint density at radius 3 is 1.98 bits per heavy atom. The molecule has 1 saturated heterocycles. The number of H-pyrrole nitrogens is 1. The number of nitrogens with one attached hydrogen (secondary N) is 2. The molecule has 6 rings (SSSR count). The molecule has 0 saturated carbocycles. The number of aromatic nitrogens is 1. The van der Waals surface area contributed by atoms with Crippen LogP contribution in [-0.4, -0.2) is 52.0 Å². The summed E-state index contributed by atoms with van der Waals surface area (Å²) in [7, 11) is 0. The van der Waals surface area contributed by atoms with E-state index in [1.807, 2.05) is 48.7 Å². The van der Waals surface area contributed by atoms with Gasteiger partial charge in [0.1, 0.15) is 6.04 Å². The van der Waals surface area contributed by atoms with Crippen LogP contribution < -0.4 is 5.32 Å². The second kappa shape index (κ2) is 12.7. The lowest BCUT2D eigenvalue weighted by molar-refractivity contribution is -0.142. The van der Waals surface area contributed by atoms with Crippen LogP contribution in [0.15, 0.2) is 121 Å². The summed E-state index contributed by atoms with van der Waals surface area (Å²) < 4.78 is 0. The summed E-state index contributed by atoms with van der Waals surface area (Å²) in [5.41, 5.74) is 5.04. The predicted molar refractivity (Wildman–Crippen MR) is 170 cm³/mol. The maximum Gasteiger partial charge on any atom is 0.326 e. The molecule has 2 heterocycles. The Labute approximate surface area is 252 Å². The van der Waals surface area contributed by atoms with Gasteiger partial charge in [-0.15, -0.1) is 0 Å². The van der Waals surface area contributed by atoms with Gasteiger partial charge < -0.3 is 15.4 Å². The minimum atomic E-state index is -1.03. The van der Waals surface area contributed by atoms with Crippen LogP contribution in [0.4, 0.5) is 0 Å². The van der Waals surface area contributed by atoms with Crippen LogP contribution in [0.2, 0.25) is 0 Å². The van der Waals surface area contributed by atoms with Crippen molar-refractivity contribution in [2.24, 2.45) is 0 Å². The quantitative estimate of drug-likeness (QED) is 0.166. The first kappa shape index (κ1) is 28.4. The highest BCUT2D eigenvalue weighted by Gasteiger charge is 2.39. The van der Waals surface area contributed by atoms with E-state index < -0.39 is 17.4 Å². The number of benzene rings is 4. The Hall–Kier alpha value is -4.68. The van der Waals surface area contributed by atoms with Gasteiger partial charge in [0, 0.05) is 35.5 Å². The van der Waals surface area contributed by atoms with Crippen molar-refractivity contribution in [2.75, 3.05) is 13.1 Å². The highest BCUT2D eigenvalue weighted by molar-refractivity contribution is 5.88. The molecule has 6 nitrogen and oxygen atoms in total. The number of fused-ring (bicyclic) bond motifs is 1. The Bertz CT molecular complexity index is 1570. The van der Waals surface area contributed by atoms with Crippen LogP contribution >= 0.6 is 0 Å². The fourth-order valence-corrected chi connectivity index (χ4v) is 6.79. The van der Waals surface area contributed by atoms with Gasteiger partial charge in [-0.25, -0.2) is 4.79 Å². The second-order valence-corrected chi connectivity index (χ2v) is 11.4. The number of carboxylic acid groups (broad SMARTS) is 1. The zero-order valence-corrected chi connectivity index (χ0v) is 24.2. The van der Waals surface area contributed by atoms with Gasteiger partial charge in [-0.05, 0) is 54.1 Å². The van der Waals surface area contributed by atoms with Gasteiger partial charge in [-0.1, -0.05) is 109 Å². The second-order valence-electron chi connectivity index (χ2n) is 11.4. The van der Waals surface area contributed by atoms with E-state index in [0.717, 1.165) is 35.9 Å². The monoisotopic (exact) mass is 571 g/mol. The largest absolute Gasteiger partial charge is 0.480 e. The van der Waals surface area contributed by atoms with Crippen LogP contribution in [0, 0.1) is 0 Å². The minimum absolute atomic E-state index is 0.213. The molecule has 5 aromatic rings. The van der Waals surface area contributed by atoms with Crippen molar-refractivity contribution in [3.8, 4) is 0 Å². The molecular formula is C37H37N3O3. The number of aliphatic carboxylic acids is 1. The number of aromatic amines is 1. The number of carbonyl (C=O) groups excluding carboxylic acids is 1. The zero-order valence-electron chi connectivity index (χ0n) is 24.2. The summed E-state index contributed by atoms with van der Waals surface area (Å²) in [4.78, 5) is 31.4. The smallest absolute Gasteiger partial charge is 0.326 e. The van der Waals surface area contributed by atoms with E-state index in [1.54, 1.807) is 0 Å². The van der Waals surface area contributed by atoms with Crippen molar-refractivity contribution in [2.45, 2.75) is 43.2 Å². The molecule has 6 heteroatoms. The normalized spacial score (nSPS) is 16.2. The molecule has 3 N–H and O–H groups in total. The molecule has 1 amide bonds. The third kappa shape index (κ3) is 5.84. The third-order valence-corrected chi connectivity index (χ3v) is 8.95. The van der Waals surface area contributed by atoms with Gasteiger partial charge in [0.25, 0.3) is 0 Å². The van der Waals surface area contributed by atoms with Crippen LogP contribution in [0.3, 0.4) is 0 Å². The average Bonchev–Trinajstić information content (AvgIpc) is 3.70. The Morgan fingerprint density at radius 2 is 1.40 bits per heavy atom. The minimum Gasteiger partial charge on any atom is -0.480 e. The van der Waals surface area contributed by atoms with Gasteiger partial charge in [-0.3, -0.25) is 9.69 Å². The summed E-state index contributed by atoms with van der Waals surface area (Å²) in [5.74, 6) is -1.24. The number of carbonyl (C=O) groups is 2. The molecule has 1 aromatic heterocycles. The highest BCUT2D eigenvalue weighted by Crippen LogP contribution is 2.42. The van der Waals surface area contributed by atoms with Crippen molar-refractivity contribution in [3.05, 3.63) is 144 Å². The predicted octanol–water partition coefficient (Wildman–Crippen LogP) is 6.17. The van der Waals surface area contributed by atoms with E-state index in [9.17, 15) is 14.7 Å². The molecule has 0 aliphatic carbocycles. The highest BCUT2D eigenvalue weighted by atomic mass is 16.4. The zero-order chi connectivity index (χ0) is 29.6. The SMILES string of the molecule is O=C(O)[C@H](Cc1c[nH]c2ccccc12)NC(=O)[C@@H]1CCCN1CCC(c1ccccc1)(c1ccccc1)c1ccccc1. The number of likely N-dealkylation sites (tertiary alicyclic amines) is 1. The van der Waals surface area contributed by atoms with Gasteiger partial charge >= 0.3 is 5.97 Å². The first-order valence-electron chi connectivity index (χ1n) is 15.0. The molecular weight excluding hydrogens is 534 g/mol. The topological polar surface area (TPSA) is 85.4 Å². The molecule has 0 spiro atoms. The Morgan fingerprint density at radius 1 is 0.837 bits per heavy atom. The number of hydrogen-bond donors (Lipinski definition) is 3. The van der Waals surface area contributed by atoms with E-state index >= 15 is 0 Å². The van der Waals surface area contributed by atoms with E-state index in [0.29, 0.717) is 13.0 Å². The molecule has 4 aromatic carbocycles. The molecule has 0 unspecified atom stereocenters. The standard InChI is InChI=1S/C37H37N3O3/c41-35(39-33(36(42)43)25-27-26-38-32-20-11-10-19-31(27)32)34-21-12-23-40(34)24-22-37(28-13-4-1-5-14-28,29-15-6-2-7-16-29)30-17-8-3-9-18-30/h1-11,13-20,26,33-34,38H,12,21-25H2,(H,39,41)(H,42,43)/t33-,34-/m0/s1. The molecule has 2 atom stereocenters. The van der Waals surface area contributed by atoms with Crippen LogP contribution in [0.1, 0.15) is 41.5 Å². The summed E-state index contributed by atoms with van der Waals surface area (Å²) in [6, 6.07) is 38.2. The Balaban J connectivity index is 1.24. The van der Waals surface area contributed by atoms with Crippen molar-refractivity contribution in [1.29, 1.82) is 0 Å².